The Hall–Kier alpha value is -0.570. The van der Waals surface area contributed by atoms with Gasteiger partial charge in [0, 0.05) is 0 Å². The Morgan fingerprint density at radius 1 is 1.07 bits per heavy atom. The van der Waals surface area contributed by atoms with Crippen molar-refractivity contribution in [3.05, 3.63) is 0 Å². The third-order valence-electron chi connectivity index (χ3n) is 4.85. The molecule has 0 aromatic heterocycles. The van der Waals surface area contributed by atoms with E-state index in [1.165, 1.54) is 0 Å². The summed E-state index contributed by atoms with van der Waals surface area (Å²) < 4.78 is 0. The fraction of sp³-hybridized carbons (Fsp3) is 0.917. The lowest BCUT2D eigenvalue weighted by atomic mass is 9.75. The molecule has 1 unspecified atom stereocenters. The van der Waals surface area contributed by atoms with E-state index in [1.807, 2.05) is 0 Å². The Bertz CT molecular complexity index is 288. The highest BCUT2D eigenvalue weighted by atomic mass is 16.3. The Morgan fingerprint density at radius 3 is 2.20 bits per heavy atom. The van der Waals surface area contributed by atoms with Crippen LogP contribution < -0.4 is 5.32 Å². The van der Waals surface area contributed by atoms with Gasteiger partial charge in [-0.25, -0.2) is 0 Å². The van der Waals surface area contributed by atoms with Crippen molar-refractivity contribution in [3.8, 4) is 0 Å². The molecule has 0 aromatic rings. The first-order valence-electron chi connectivity index (χ1n) is 6.20. The van der Waals surface area contributed by atoms with Crippen LogP contribution in [-0.4, -0.2) is 22.7 Å². The minimum absolute atomic E-state index is 0.134. The lowest BCUT2D eigenvalue weighted by Crippen LogP contribution is -2.47. The molecule has 1 heterocycles. The highest BCUT2D eigenvalue weighted by Gasteiger charge is 2.62. The second-order valence-electron chi connectivity index (χ2n) is 5.58. The molecular weight excluding hydrogens is 190 g/mol. The Kier molecular flexibility index (Phi) is 1.91. The molecule has 1 saturated heterocycles. The molecule has 3 nitrogen and oxygen atoms in total. The van der Waals surface area contributed by atoms with Gasteiger partial charge in [-0.3, -0.25) is 4.79 Å². The van der Waals surface area contributed by atoms with Crippen molar-refractivity contribution in [2.75, 3.05) is 0 Å². The largest absolute Gasteiger partial charge is 0.390 e. The van der Waals surface area contributed by atoms with Gasteiger partial charge in [-0.15, -0.1) is 0 Å². The molecule has 3 fully saturated rings. The number of carbonyl (C=O) groups is 1. The monoisotopic (exact) mass is 209 g/mol. The van der Waals surface area contributed by atoms with Crippen LogP contribution in [0.2, 0.25) is 0 Å². The Morgan fingerprint density at radius 2 is 1.60 bits per heavy atom. The van der Waals surface area contributed by atoms with E-state index in [4.69, 9.17) is 0 Å². The topological polar surface area (TPSA) is 49.3 Å². The molecule has 0 bridgehead atoms. The molecule has 2 aliphatic carbocycles. The highest BCUT2D eigenvalue weighted by Crippen LogP contribution is 2.52. The van der Waals surface area contributed by atoms with Crippen LogP contribution in [0.25, 0.3) is 0 Å². The van der Waals surface area contributed by atoms with E-state index < -0.39 is 11.5 Å². The van der Waals surface area contributed by atoms with Crippen LogP contribution in [0, 0.1) is 5.41 Å². The number of nitrogens with one attached hydrogen (secondary N) is 1. The van der Waals surface area contributed by atoms with Crippen LogP contribution in [0.15, 0.2) is 0 Å². The van der Waals surface area contributed by atoms with Crippen molar-refractivity contribution < 1.29 is 9.90 Å². The third kappa shape index (κ3) is 1.07. The van der Waals surface area contributed by atoms with E-state index in [-0.39, 0.29) is 11.4 Å². The Labute approximate surface area is 90.2 Å². The first kappa shape index (κ1) is 9.64. The number of aliphatic hydroxyl groups excluding tert-OH is 1. The van der Waals surface area contributed by atoms with Gasteiger partial charge in [0.25, 0.3) is 0 Å². The molecule has 15 heavy (non-hydrogen) atoms. The molecule has 3 rings (SSSR count). The predicted molar refractivity (Wildman–Crippen MR) is 56.2 cm³/mol. The molecule has 1 atom stereocenters. The fourth-order valence-corrected chi connectivity index (χ4v) is 3.98. The smallest absolute Gasteiger partial charge is 0.229 e. The standard InChI is InChI=1S/C12H19NO2/c14-9-11(5-1-2-6-11)10(15)13-12(9)7-3-4-8-12/h9,14H,1-8H2,(H,13,15). The average molecular weight is 209 g/mol. The van der Waals surface area contributed by atoms with Gasteiger partial charge >= 0.3 is 0 Å². The van der Waals surface area contributed by atoms with Crippen molar-refractivity contribution in [2.45, 2.75) is 63.0 Å². The average Bonchev–Trinajstić information content (AvgIpc) is 2.88. The summed E-state index contributed by atoms with van der Waals surface area (Å²) in [6, 6.07) is 0. The summed E-state index contributed by atoms with van der Waals surface area (Å²) in [5.41, 5.74) is -0.661. The number of amides is 1. The minimum Gasteiger partial charge on any atom is -0.390 e. The summed E-state index contributed by atoms with van der Waals surface area (Å²) >= 11 is 0. The maximum Gasteiger partial charge on any atom is 0.229 e. The van der Waals surface area contributed by atoms with Crippen LogP contribution >= 0.6 is 0 Å². The summed E-state index contributed by atoms with van der Waals surface area (Å²) in [6.07, 6.45) is 7.79. The number of hydrogen-bond donors (Lipinski definition) is 2. The normalized spacial score (nSPS) is 36.6. The molecule has 2 saturated carbocycles. The van der Waals surface area contributed by atoms with Crippen LogP contribution in [-0.2, 0) is 4.79 Å². The van der Waals surface area contributed by atoms with E-state index in [0.29, 0.717) is 0 Å². The zero-order valence-electron chi connectivity index (χ0n) is 9.09. The third-order valence-corrected chi connectivity index (χ3v) is 4.85. The van der Waals surface area contributed by atoms with Crippen molar-refractivity contribution >= 4 is 5.91 Å². The van der Waals surface area contributed by atoms with Crippen molar-refractivity contribution in [2.24, 2.45) is 5.41 Å². The molecule has 84 valence electrons. The number of hydrogen-bond acceptors (Lipinski definition) is 2. The quantitative estimate of drug-likeness (QED) is 0.632. The summed E-state index contributed by atoms with van der Waals surface area (Å²) in [4.78, 5) is 12.1. The first-order valence-corrected chi connectivity index (χ1v) is 6.20. The van der Waals surface area contributed by atoms with Crippen LogP contribution in [0.4, 0.5) is 0 Å². The maximum absolute atomic E-state index is 12.1. The van der Waals surface area contributed by atoms with Crippen molar-refractivity contribution in [1.29, 1.82) is 0 Å². The van der Waals surface area contributed by atoms with Gasteiger partial charge in [-0.05, 0) is 25.7 Å². The molecule has 1 amide bonds. The number of carbonyl (C=O) groups excluding carboxylic acids is 1. The van der Waals surface area contributed by atoms with Gasteiger partial charge in [-0.1, -0.05) is 25.7 Å². The van der Waals surface area contributed by atoms with Crippen LogP contribution in [0.1, 0.15) is 51.4 Å². The van der Waals surface area contributed by atoms with E-state index in [9.17, 15) is 9.90 Å². The maximum atomic E-state index is 12.1. The number of aliphatic hydroxyl groups is 1. The summed E-state index contributed by atoms with van der Waals surface area (Å²) in [5, 5.41) is 13.6. The molecule has 2 spiro atoms. The van der Waals surface area contributed by atoms with E-state index in [2.05, 4.69) is 5.32 Å². The predicted octanol–water partition coefficient (Wildman–Crippen LogP) is 1.35. The van der Waals surface area contributed by atoms with Gasteiger partial charge in [0.2, 0.25) is 5.91 Å². The molecule has 3 heteroatoms. The SMILES string of the molecule is O=C1NC2(CCCC2)C(O)C12CCCC2. The van der Waals surface area contributed by atoms with Gasteiger partial charge in [0.05, 0.1) is 17.1 Å². The fourth-order valence-electron chi connectivity index (χ4n) is 3.98. The molecule has 0 aromatic carbocycles. The van der Waals surface area contributed by atoms with Gasteiger partial charge < -0.3 is 10.4 Å². The lowest BCUT2D eigenvalue weighted by Gasteiger charge is -2.32. The van der Waals surface area contributed by atoms with Gasteiger partial charge in [0.15, 0.2) is 0 Å². The van der Waals surface area contributed by atoms with E-state index in [1.54, 1.807) is 0 Å². The second-order valence-corrected chi connectivity index (χ2v) is 5.58. The zero-order chi connectivity index (χ0) is 10.5. The summed E-state index contributed by atoms with van der Waals surface area (Å²) in [7, 11) is 0. The number of rotatable bonds is 0. The van der Waals surface area contributed by atoms with Crippen molar-refractivity contribution in [1.82, 2.24) is 5.32 Å². The summed E-state index contributed by atoms with van der Waals surface area (Å²) in [5.74, 6) is 0.134. The molecule has 3 aliphatic rings. The molecule has 0 radical (unpaired) electrons. The van der Waals surface area contributed by atoms with E-state index in [0.717, 1.165) is 51.4 Å². The highest BCUT2D eigenvalue weighted by molar-refractivity contribution is 5.87. The van der Waals surface area contributed by atoms with Crippen LogP contribution in [0.3, 0.4) is 0 Å². The second kappa shape index (κ2) is 2.97. The van der Waals surface area contributed by atoms with Crippen molar-refractivity contribution in [3.63, 3.8) is 0 Å². The zero-order valence-corrected chi connectivity index (χ0v) is 9.09. The van der Waals surface area contributed by atoms with Crippen LogP contribution in [0.5, 0.6) is 0 Å². The minimum atomic E-state index is -0.428. The summed E-state index contributed by atoms with van der Waals surface area (Å²) in [6.45, 7) is 0. The molecular formula is C12H19NO2. The molecule has 2 N–H and O–H groups in total. The van der Waals surface area contributed by atoms with Gasteiger partial charge in [0.1, 0.15) is 0 Å². The first-order chi connectivity index (χ1) is 7.20. The van der Waals surface area contributed by atoms with Gasteiger partial charge in [-0.2, -0.15) is 0 Å². The lowest BCUT2D eigenvalue weighted by molar-refractivity contribution is -0.130. The van der Waals surface area contributed by atoms with E-state index >= 15 is 0 Å². The Balaban J connectivity index is 1.95. The molecule has 1 aliphatic heterocycles.